The lowest BCUT2D eigenvalue weighted by Crippen LogP contribution is -1.86. The number of pyridine rings is 1. The molecule has 0 aliphatic rings. The van der Waals surface area contributed by atoms with Crippen molar-refractivity contribution in [3.8, 4) is 11.6 Å². The summed E-state index contributed by atoms with van der Waals surface area (Å²) in [6, 6.07) is 17.8. The summed E-state index contributed by atoms with van der Waals surface area (Å²) < 4.78 is 6.77. The average molecular weight is 300 g/mol. The Bertz CT molecular complexity index is 682. The minimum Gasteiger partial charge on any atom is -0.439 e. The Balaban J connectivity index is 1.96. The van der Waals surface area contributed by atoms with Crippen molar-refractivity contribution in [3.05, 3.63) is 65.3 Å². The SMILES string of the molecule is Brc1ccc2cc(Oc3ccccn3)ccc2c1. The Morgan fingerprint density at radius 3 is 2.56 bits per heavy atom. The lowest BCUT2D eigenvalue weighted by atomic mass is 10.1. The first-order chi connectivity index (χ1) is 8.81. The van der Waals surface area contributed by atoms with E-state index < -0.39 is 0 Å². The van der Waals surface area contributed by atoms with E-state index in [0.29, 0.717) is 5.88 Å². The van der Waals surface area contributed by atoms with Gasteiger partial charge in [0.1, 0.15) is 5.75 Å². The molecular formula is C15H10BrNO. The van der Waals surface area contributed by atoms with Gasteiger partial charge in [-0.2, -0.15) is 0 Å². The van der Waals surface area contributed by atoms with E-state index in [-0.39, 0.29) is 0 Å². The lowest BCUT2D eigenvalue weighted by Gasteiger charge is -2.05. The van der Waals surface area contributed by atoms with E-state index in [1.807, 2.05) is 42.5 Å². The third-order valence-electron chi connectivity index (χ3n) is 2.63. The number of aromatic nitrogens is 1. The van der Waals surface area contributed by atoms with Crippen LogP contribution in [0.3, 0.4) is 0 Å². The van der Waals surface area contributed by atoms with Crippen LogP contribution in [0.5, 0.6) is 11.6 Å². The zero-order valence-electron chi connectivity index (χ0n) is 9.51. The summed E-state index contributed by atoms with van der Waals surface area (Å²) in [5.41, 5.74) is 0. The molecule has 0 saturated carbocycles. The summed E-state index contributed by atoms with van der Waals surface area (Å²) in [6.45, 7) is 0. The molecule has 18 heavy (non-hydrogen) atoms. The second-order valence-electron chi connectivity index (χ2n) is 3.92. The van der Waals surface area contributed by atoms with Crippen LogP contribution < -0.4 is 4.74 Å². The molecule has 0 amide bonds. The average Bonchev–Trinajstić information content (AvgIpc) is 2.40. The molecule has 0 radical (unpaired) electrons. The second-order valence-corrected chi connectivity index (χ2v) is 4.84. The Morgan fingerprint density at radius 2 is 1.72 bits per heavy atom. The highest BCUT2D eigenvalue weighted by Crippen LogP contribution is 2.26. The number of hydrogen-bond acceptors (Lipinski definition) is 2. The highest BCUT2D eigenvalue weighted by Gasteiger charge is 2.00. The first kappa shape index (κ1) is 11.2. The molecule has 88 valence electrons. The van der Waals surface area contributed by atoms with Gasteiger partial charge in [-0.1, -0.05) is 34.1 Å². The number of hydrogen-bond donors (Lipinski definition) is 0. The molecule has 0 atom stereocenters. The van der Waals surface area contributed by atoms with Crippen molar-refractivity contribution >= 4 is 26.7 Å². The Labute approximate surface area is 113 Å². The maximum absolute atomic E-state index is 5.69. The van der Waals surface area contributed by atoms with Gasteiger partial charge in [-0.05, 0) is 41.1 Å². The number of halogens is 1. The molecule has 2 aromatic carbocycles. The van der Waals surface area contributed by atoms with E-state index in [9.17, 15) is 0 Å². The molecule has 3 heteroatoms. The predicted molar refractivity (Wildman–Crippen MR) is 76.0 cm³/mol. The minimum atomic E-state index is 0.606. The van der Waals surface area contributed by atoms with Gasteiger partial charge in [0.2, 0.25) is 5.88 Å². The molecule has 2 nitrogen and oxygen atoms in total. The van der Waals surface area contributed by atoms with E-state index in [2.05, 4.69) is 33.0 Å². The molecule has 0 bridgehead atoms. The normalized spacial score (nSPS) is 10.5. The number of fused-ring (bicyclic) bond motifs is 1. The fourth-order valence-electron chi connectivity index (χ4n) is 1.79. The molecule has 3 aromatic rings. The molecule has 0 saturated heterocycles. The summed E-state index contributed by atoms with van der Waals surface area (Å²) in [6.07, 6.45) is 1.72. The molecule has 0 aliphatic carbocycles. The number of benzene rings is 2. The van der Waals surface area contributed by atoms with E-state index in [1.165, 1.54) is 5.39 Å². The molecule has 0 aliphatic heterocycles. The van der Waals surface area contributed by atoms with Crippen LogP contribution in [-0.4, -0.2) is 4.98 Å². The van der Waals surface area contributed by atoms with E-state index in [1.54, 1.807) is 6.20 Å². The van der Waals surface area contributed by atoms with Gasteiger partial charge in [-0.25, -0.2) is 4.98 Å². The summed E-state index contributed by atoms with van der Waals surface area (Å²) in [5, 5.41) is 2.32. The Kier molecular flexibility index (Phi) is 2.99. The molecule has 1 heterocycles. The molecular weight excluding hydrogens is 290 g/mol. The zero-order valence-corrected chi connectivity index (χ0v) is 11.1. The van der Waals surface area contributed by atoms with Gasteiger partial charge in [-0.15, -0.1) is 0 Å². The van der Waals surface area contributed by atoms with Crippen LogP contribution in [0, 0.1) is 0 Å². The maximum atomic E-state index is 5.69. The monoisotopic (exact) mass is 299 g/mol. The smallest absolute Gasteiger partial charge is 0.219 e. The van der Waals surface area contributed by atoms with E-state index in [0.717, 1.165) is 15.6 Å². The van der Waals surface area contributed by atoms with Crippen LogP contribution in [0.2, 0.25) is 0 Å². The molecule has 3 rings (SSSR count). The zero-order chi connectivity index (χ0) is 12.4. The molecule has 0 unspecified atom stereocenters. The fraction of sp³-hybridized carbons (Fsp3) is 0. The number of ether oxygens (including phenoxy) is 1. The number of rotatable bonds is 2. The Hall–Kier alpha value is -1.87. The summed E-state index contributed by atoms with van der Waals surface area (Å²) in [7, 11) is 0. The lowest BCUT2D eigenvalue weighted by molar-refractivity contribution is 0.463. The van der Waals surface area contributed by atoms with Gasteiger partial charge in [0, 0.05) is 16.7 Å². The van der Waals surface area contributed by atoms with Crippen LogP contribution in [0.4, 0.5) is 0 Å². The molecule has 0 spiro atoms. The highest BCUT2D eigenvalue weighted by molar-refractivity contribution is 9.10. The van der Waals surface area contributed by atoms with Gasteiger partial charge in [0.05, 0.1) is 0 Å². The summed E-state index contributed by atoms with van der Waals surface area (Å²) in [4.78, 5) is 4.14. The predicted octanol–water partition coefficient (Wildman–Crippen LogP) is 4.79. The van der Waals surface area contributed by atoms with E-state index in [4.69, 9.17) is 4.74 Å². The Morgan fingerprint density at radius 1 is 0.889 bits per heavy atom. The van der Waals surface area contributed by atoms with Crippen LogP contribution in [0.15, 0.2) is 65.3 Å². The van der Waals surface area contributed by atoms with Crippen molar-refractivity contribution in [2.75, 3.05) is 0 Å². The molecule has 0 fully saturated rings. The number of nitrogens with zero attached hydrogens (tertiary/aromatic N) is 1. The third-order valence-corrected chi connectivity index (χ3v) is 3.13. The van der Waals surface area contributed by atoms with Gasteiger partial charge in [-0.3, -0.25) is 0 Å². The van der Waals surface area contributed by atoms with E-state index >= 15 is 0 Å². The van der Waals surface area contributed by atoms with Crippen LogP contribution >= 0.6 is 15.9 Å². The van der Waals surface area contributed by atoms with Crippen LogP contribution in [0.1, 0.15) is 0 Å². The van der Waals surface area contributed by atoms with Crippen molar-refractivity contribution in [1.82, 2.24) is 4.98 Å². The van der Waals surface area contributed by atoms with Gasteiger partial charge in [0.25, 0.3) is 0 Å². The third kappa shape index (κ3) is 2.36. The summed E-state index contributed by atoms with van der Waals surface area (Å²) >= 11 is 3.46. The topological polar surface area (TPSA) is 22.1 Å². The van der Waals surface area contributed by atoms with Crippen LogP contribution in [-0.2, 0) is 0 Å². The van der Waals surface area contributed by atoms with Crippen molar-refractivity contribution in [3.63, 3.8) is 0 Å². The maximum Gasteiger partial charge on any atom is 0.219 e. The first-order valence-corrected chi connectivity index (χ1v) is 6.39. The van der Waals surface area contributed by atoms with Crippen molar-refractivity contribution in [1.29, 1.82) is 0 Å². The van der Waals surface area contributed by atoms with Crippen molar-refractivity contribution in [2.45, 2.75) is 0 Å². The fourth-order valence-corrected chi connectivity index (χ4v) is 2.17. The largest absolute Gasteiger partial charge is 0.439 e. The second kappa shape index (κ2) is 4.78. The molecule has 1 aromatic heterocycles. The van der Waals surface area contributed by atoms with Crippen molar-refractivity contribution < 1.29 is 4.74 Å². The van der Waals surface area contributed by atoms with Gasteiger partial charge < -0.3 is 4.74 Å². The quantitative estimate of drug-likeness (QED) is 0.679. The minimum absolute atomic E-state index is 0.606. The highest BCUT2D eigenvalue weighted by atomic mass is 79.9. The van der Waals surface area contributed by atoms with Crippen LogP contribution in [0.25, 0.3) is 10.8 Å². The standard InChI is InChI=1S/C15H10BrNO/c16-13-6-4-12-10-14(7-5-11(12)9-13)18-15-3-1-2-8-17-15/h1-10H. The van der Waals surface area contributed by atoms with Gasteiger partial charge in [0.15, 0.2) is 0 Å². The van der Waals surface area contributed by atoms with Gasteiger partial charge >= 0.3 is 0 Å². The first-order valence-electron chi connectivity index (χ1n) is 5.59. The molecule has 0 N–H and O–H groups in total. The van der Waals surface area contributed by atoms with Crippen molar-refractivity contribution in [2.24, 2.45) is 0 Å². The summed E-state index contributed by atoms with van der Waals surface area (Å²) in [5.74, 6) is 1.40.